The summed E-state index contributed by atoms with van der Waals surface area (Å²) in [4.78, 5) is 2.69. The molecule has 0 fully saturated rings. The van der Waals surface area contributed by atoms with Crippen LogP contribution in [0.3, 0.4) is 0 Å². The van der Waals surface area contributed by atoms with Crippen molar-refractivity contribution in [1.82, 2.24) is 4.90 Å². The first-order valence-corrected chi connectivity index (χ1v) is 9.59. The van der Waals surface area contributed by atoms with E-state index in [4.69, 9.17) is 0 Å². The molecule has 0 aliphatic heterocycles. The fourth-order valence-electron chi connectivity index (χ4n) is 3.94. The van der Waals surface area contributed by atoms with Crippen LogP contribution in [0.4, 0.5) is 0 Å². The third-order valence-electron chi connectivity index (χ3n) is 4.85. The summed E-state index contributed by atoms with van der Waals surface area (Å²) in [7, 11) is 0. The third kappa shape index (κ3) is 7.04. The number of hydrogen-bond donors (Lipinski definition) is 0. The largest absolute Gasteiger partial charge is 0.298 e. The van der Waals surface area contributed by atoms with Gasteiger partial charge in [0.25, 0.3) is 0 Å². The van der Waals surface area contributed by atoms with Crippen molar-refractivity contribution >= 4 is 0 Å². The molecule has 136 valence electrons. The van der Waals surface area contributed by atoms with Crippen LogP contribution < -0.4 is 0 Å². The van der Waals surface area contributed by atoms with E-state index in [-0.39, 0.29) is 5.54 Å². The van der Waals surface area contributed by atoms with Crippen LogP contribution in [-0.2, 0) is 12.8 Å². The van der Waals surface area contributed by atoms with Crippen molar-refractivity contribution in [2.75, 3.05) is 13.1 Å². The summed E-state index contributed by atoms with van der Waals surface area (Å²) in [6.07, 6.45) is 3.43. The Morgan fingerprint density at radius 1 is 0.640 bits per heavy atom. The highest BCUT2D eigenvalue weighted by molar-refractivity contribution is 5.16. The lowest BCUT2D eigenvalue weighted by Gasteiger charge is -2.42. The molecule has 2 aromatic carbocycles. The molecule has 1 heteroatoms. The fraction of sp³-hybridized carbons (Fsp3) is 0.500. The predicted octanol–water partition coefficient (Wildman–Crippen LogP) is 5.99. The molecule has 0 bridgehead atoms. The van der Waals surface area contributed by atoms with Gasteiger partial charge in [-0.05, 0) is 49.7 Å². The van der Waals surface area contributed by atoms with E-state index in [0.717, 1.165) is 25.9 Å². The highest BCUT2D eigenvalue weighted by Gasteiger charge is 2.31. The van der Waals surface area contributed by atoms with Gasteiger partial charge in [-0.15, -0.1) is 0 Å². The Balaban J connectivity index is 2.06. The standard InChI is InChI=1S/C24H35N/c1-23(2,3)20-24(4,5)25(18-16-21-12-8-6-9-13-21)19-17-22-14-10-7-11-15-22/h6-15H,16-20H2,1-5H3. The van der Waals surface area contributed by atoms with Crippen LogP contribution in [0.15, 0.2) is 60.7 Å². The van der Waals surface area contributed by atoms with Crippen molar-refractivity contribution in [2.24, 2.45) is 5.41 Å². The Morgan fingerprint density at radius 2 is 1.04 bits per heavy atom. The molecular weight excluding hydrogens is 302 g/mol. The molecule has 0 aliphatic rings. The summed E-state index contributed by atoms with van der Waals surface area (Å²) >= 11 is 0. The minimum absolute atomic E-state index is 0.196. The minimum Gasteiger partial charge on any atom is -0.298 e. The molecule has 0 unspecified atom stereocenters. The maximum atomic E-state index is 2.69. The van der Waals surface area contributed by atoms with Gasteiger partial charge in [-0.25, -0.2) is 0 Å². The molecule has 0 amide bonds. The van der Waals surface area contributed by atoms with Gasteiger partial charge in [0.1, 0.15) is 0 Å². The minimum atomic E-state index is 0.196. The average molecular weight is 338 g/mol. The van der Waals surface area contributed by atoms with Crippen LogP contribution in [0.5, 0.6) is 0 Å². The molecule has 0 spiro atoms. The molecule has 0 aliphatic carbocycles. The van der Waals surface area contributed by atoms with Gasteiger partial charge in [0.15, 0.2) is 0 Å². The molecule has 1 nitrogen and oxygen atoms in total. The van der Waals surface area contributed by atoms with Crippen molar-refractivity contribution in [3.05, 3.63) is 71.8 Å². The summed E-state index contributed by atoms with van der Waals surface area (Å²) in [5, 5.41) is 0. The normalized spacial score (nSPS) is 12.6. The zero-order chi connectivity index (χ0) is 18.3. The molecular formula is C24H35N. The van der Waals surface area contributed by atoms with Crippen LogP contribution in [-0.4, -0.2) is 23.5 Å². The average Bonchev–Trinajstić information content (AvgIpc) is 2.54. The van der Waals surface area contributed by atoms with E-state index in [1.165, 1.54) is 17.5 Å². The Morgan fingerprint density at radius 3 is 1.40 bits per heavy atom. The first-order valence-electron chi connectivity index (χ1n) is 9.59. The van der Waals surface area contributed by atoms with Gasteiger partial charge in [-0.3, -0.25) is 4.90 Å². The number of rotatable bonds is 8. The molecule has 0 N–H and O–H groups in total. The fourth-order valence-corrected chi connectivity index (χ4v) is 3.94. The topological polar surface area (TPSA) is 3.24 Å². The quantitative estimate of drug-likeness (QED) is 0.572. The zero-order valence-electron chi connectivity index (χ0n) is 16.8. The van der Waals surface area contributed by atoms with E-state index in [1.54, 1.807) is 0 Å². The maximum Gasteiger partial charge on any atom is 0.0158 e. The van der Waals surface area contributed by atoms with Crippen LogP contribution in [0.2, 0.25) is 0 Å². The van der Waals surface area contributed by atoms with Crippen molar-refractivity contribution < 1.29 is 0 Å². The number of nitrogens with zero attached hydrogens (tertiary/aromatic N) is 1. The van der Waals surface area contributed by atoms with Gasteiger partial charge in [-0.2, -0.15) is 0 Å². The van der Waals surface area contributed by atoms with E-state index in [9.17, 15) is 0 Å². The van der Waals surface area contributed by atoms with Gasteiger partial charge in [0, 0.05) is 18.6 Å². The maximum absolute atomic E-state index is 2.69. The van der Waals surface area contributed by atoms with E-state index >= 15 is 0 Å². The van der Waals surface area contributed by atoms with Crippen LogP contribution in [0.25, 0.3) is 0 Å². The van der Waals surface area contributed by atoms with Gasteiger partial charge < -0.3 is 0 Å². The molecule has 0 aromatic heterocycles. The predicted molar refractivity (Wildman–Crippen MR) is 110 cm³/mol. The van der Waals surface area contributed by atoms with Crippen LogP contribution in [0.1, 0.15) is 52.2 Å². The lowest BCUT2D eigenvalue weighted by Crippen LogP contribution is -2.48. The summed E-state index contributed by atoms with van der Waals surface area (Å²) in [6.45, 7) is 14.1. The van der Waals surface area contributed by atoms with E-state index in [0.29, 0.717) is 5.41 Å². The number of hydrogen-bond acceptors (Lipinski definition) is 1. The molecule has 0 saturated carbocycles. The highest BCUT2D eigenvalue weighted by atomic mass is 15.2. The van der Waals surface area contributed by atoms with Gasteiger partial charge in [0.05, 0.1) is 0 Å². The van der Waals surface area contributed by atoms with Crippen molar-refractivity contribution in [2.45, 2.75) is 59.4 Å². The first-order chi connectivity index (χ1) is 11.8. The lowest BCUT2D eigenvalue weighted by molar-refractivity contribution is 0.0789. The highest BCUT2D eigenvalue weighted by Crippen LogP contribution is 2.31. The summed E-state index contributed by atoms with van der Waals surface area (Å²) < 4.78 is 0. The second kappa shape index (κ2) is 8.67. The molecule has 25 heavy (non-hydrogen) atoms. The molecule has 2 aromatic rings. The summed E-state index contributed by atoms with van der Waals surface area (Å²) in [5.74, 6) is 0. The Kier molecular flexibility index (Phi) is 6.84. The third-order valence-corrected chi connectivity index (χ3v) is 4.85. The first kappa shape index (κ1) is 19.7. The van der Waals surface area contributed by atoms with E-state index in [1.807, 2.05) is 0 Å². The lowest BCUT2D eigenvalue weighted by atomic mass is 9.80. The van der Waals surface area contributed by atoms with Crippen LogP contribution >= 0.6 is 0 Å². The Bertz CT molecular complexity index is 564. The second-order valence-electron chi connectivity index (χ2n) is 9.01. The molecule has 0 saturated heterocycles. The van der Waals surface area contributed by atoms with Crippen molar-refractivity contribution in [1.29, 1.82) is 0 Å². The Hall–Kier alpha value is -1.60. The van der Waals surface area contributed by atoms with E-state index in [2.05, 4.69) is 100 Å². The van der Waals surface area contributed by atoms with Gasteiger partial charge >= 0.3 is 0 Å². The molecule has 2 rings (SSSR count). The second-order valence-corrected chi connectivity index (χ2v) is 9.01. The van der Waals surface area contributed by atoms with Gasteiger partial charge in [-0.1, -0.05) is 81.4 Å². The van der Waals surface area contributed by atoms with E-state index < -0.39 is 0 Å². The van der Waals surface area contributed by atoms with Crippen molar-refractivity contribution in [3.8, 4) is 0 Å². The smallest absolute Gasteiger partial charge is 0.0158 e. The molecule has 0 atom stereocenters. The monoisotopic (exact) mass is 337 g/mol. The Labute approximate surface area is 155 Å². The summed E-state index contributed by atoms with van der Waals surface area (Å²) in [5.41, 5.74) is 3.39. The SMILES string of the molecule is CC(C)(C)CC(C)(C)N(CCc1ccccc1)CCc1ccccc1. The molecule has 0 heterocycles. The molecule has 0 radical (unpaired) electrons. The zero-order valence-corrected chi connectivity index (χ0v) is 16.8. The van der Waals surface area contributed by atoms with Crippen molar-refractivity contribution in [3.63, 3.8) is 0 Å². The van der Waals surface area contributed by atoms with Crippen LogP contribution in [0, 0.1) is 5.41 Å². The van der Waals surface area contributed by atoms with Gasteiger partial charge in [0.2, 0.25) is 0 Å². The summed E-state index contributed by atoms with van der Waals surface area (Å²) in [6, 6.07) is 21.7. The number of benzene rings is 2.